The van der Waals surface area contributed by atoms with Gasteiger partial charge in [-0.2, -0.15) is 0 Å². The van der Waals surface area contributed by atoms with E-state index in [1.54, 1.807) is 7.11 Å². The molecule has 1 rings (SSSR count). The highest BCUT2D eigenvalue weighted by Crippen LogP contribution is 2.06. The summed E-state index contributed by atoms with van der Waals surface area (Å²) in [4.78, 5) is 25.0. The monoisotopic (exact) mass is 272 g/mol. The predicted octanol–water partition coefficient (Wildman–Crippen LogP) is -1.71. The number of likely N-dealkylation sites (tertiary alicyclic amines) is 1. The average molecular weight is 272 g/mol. The molecule has 110 valence electrons. The fourth-order valence-corrected chi connectivity index (χ4v) is 1.90. The molecule has 0 aromatic heterocycles. The summed E-state index contributed by atoms with van der Waals surface area (Å²) in [6.45, 7) is 2.94. The number of nitrogens with one attached hydrogen (secondary N) is 2. The Morgan fingerprint density at radius 1 is 1.26 bits per heavy atom. The molecule has 0 atom stereocenters. The molecule has 0 aliphatic carbocycles. The van der Waals surface area contributed by atoms with Crippen molar-refractivity contribution in [2.45, 2.75) is 18.9 Å². The summed E-state index contributed by atoms with van der Waals surface area (Å²) in [5.41, 5.74) is 5.79. The molecule has 7 heteroatoms. The van der Waals surface area contributed by atoms with Gasteiger partial charge in [0, 0.05) is 32.8 Å². The van der Waals surface area contributed by atoms with Crippen molar-refractivity contribution in [1.29, 1.82) is 0 Å². The summed E-state index contributed by atoms with van der Waals surface area (Å²) < 4.78 is 4.81. The van der Waals surface area contributed by atoms with E-state index in [2.05, 4.69) is 15.5 Å². The summed E-state index contributed by atoms with van der Waals surface area (Å²) >= 11 is 0. The molecule has 0 saturated carbocycles. The third-order valence-electron chi connectivity index (χ3n) is 3.07. The van der Waals surface area contributed by atoms with Crippen LogP contribution in [0.5, 0.6) is 0 Å². The number of nitrogens with zero attached hydrogens (tertiary/aromatic N) is 1. The molecule has 7 nitrogen and oxygen atoms in total. The molecule has 0 unspecified atom stereocenters. The van der Waals surface area contributed by atoms with E-state index in [-0.39, 0.29) is 24.4 Å². The molecule has 1 aliphatic rings. The quantitative estimate of drug-likeness (QED) is 0.479. The number of nitrogens with two attached hydrogens (primary N) is 1. The number of carbonyl (C=O) groups is 2. The Labute approximate surface area is 113 Å². The second kappa shape index (κ2) is 8.84. The van der Waals surface area contributed by atoms with Crippen LogP contribution < -0.4 is 16.4 Å². The number of methoxy groups -OCH3 is 1. The Morgan fingerprint density at radius 3 is 2.58 bits per heavy atom. The van der Waals surface area contributed by atoms with Crippen LogP contribution in [0.4, 0.5) is 0 Å². The maximum Gasteiger partial charge on any atom is 0.239 e. The molecule has 0 spiro atoms. The summed E-state index contributed by atoms with van der Waals surface area (Å²) in [5, 5.41) is 5.24. The number of hydrogen-bond acceptors (Lipinski definition) is 5. The third kappa shape index (κ3) is 7.09. The summed E-state index contributed by atoms with van der Waals surface area (Å²) in [6.07, 6.45) is 1.84. The molecule has 4 N–H and O–H groups in total. The third-order valence-corrected chi connectivity index (χ3v) is 3.07. The zero-order chi connectivity index (χ0) is 14.1. The molecule has 1 aliphatic heterocycles. The van der Waals surface area contributed by atoms with Crippen molar-refractivity contribution in [1.82, 2.24) is 15.5 Å². The van der Waals surface area contributed by atoms with Gasteiger partial charge < -0.3 is 21.1 Å². The minimum Gasteiger partial charge on any atom is -0.383 e. The van der Waals surface area contributed by atoms with Crippen LogP contribution in [0.25, 0.3) is 0 Å². The molecule has 1 fully saturated rings. The highest BCUT2D eigenvalue weighted by molar-refractivity contribution is 5.85. The zero-order valence-electron chi connectivity index (χ0n) is 11.5. The summed E-state index contributed by atoms with van der Waals surface area (Å²) in [7, 11) is 1.57. The lowest BCUT2D eigenvalue weighted by atomic mass is 10.1. The number of amides is 2. The van der Waals surface area contributed by atoms with Gasteiger partial charge in [0.15, 0.2) is 0 Å². The molecule has 1 saturated heterocycles. The molecule has 0 aromatic carbocycles. The SMILES string of the molecule is COCCNC(=O)CNC(=O)CN1CCC(N)CC1. The maximum atomic E-state index is 11.6. The first-order valence-corrected chi connectivity index (χ1v) is 6.62. The molecule has 0 aromatic rings. The van der Waals surface area contributed by atoms with Gasteiger partial charge in [-0.05, 0) is 12.8 Å². The molecule has 0 bridgehead atoms. The Hall–Kier alpha value is -1.18. The fraction of sp³-hybridized carbons (Fsp3) is 0.833. The lowest BCUT2D eigenvalue weighted by Crippen LogP contribution is -2.46. The first-order valence-electron chi connectivity index (χ1n) is 6.62. The van der Waals surface area contributed by atoms with Crippen molar-refractivity contribution in [2.75, 3.05) is 46.4 Å². The number of ether oxygens (including phenoxy) is 1. The standard InChI is InChI=1S/C12H24N4O3/c1-19-7-4-14-11(17)8-15-12(18)9-16-5-2-10(13)3-6-16/h10H,2-9,13H2,1H3,(H,14,17)(H,15,18). The minimum absolute atomic E-state index is 0.00982. The highest BCUT2D eigenvalue weighted by atomic mass is 16.5. The van der Waals surface area contributed by atoms with Crippen molar-refractivity contribution in [3.63, 3.8) is 0 Å². The van der Waals surface area contributed by atoms with E-state index in [4.69, 9.17) is 10.5 Å². The predicted molar refractivity (Wildman–Crippen MR) is 71.5 cm³/mol. The lowest BCUT2D eigenvalue weighted by Gasteiger charge is -2.29. The van der Waals surface area contributed by atoms with E-state index in [0.717, 1.165) is 25.9 Å². The van der Waals surface area contributed by atoms with Crippen molar-refractivity contribution in [2.24, 2.45) is 5.73 Å². The molecular formula is C12H24N4O3. The van der Waals surface area contributed by atoms with Crippen LogP contribution in [0.15, 0.2) is 0 Å². The van der Waals surface area contributed by atoms with Crippen molar-refractivity contribution < 1.29 is 14.3 Å². The first-order chi connectivity index (χ1) is 9.11. The number of piperidine rings is 1. The first kappa shape index (κ1) is 15.9. The second-order valence-corrected chi connectivity index (χ2v) is 4.73. The van der Waals surface area contributed by atoms with Crippen molar-refractivity contribution >= 4 is 11.8 Å². The maximum absolute atomic E-state index is 11.6. The smallest absolute Gasteiger partial charge is 0.239 e. The molecule has 1 heterocycles. The van der Waals surface area contributed by atoms with Crippen LogP contribution in [0, 0.1) is 0 Å². The Balaban J connectivity index is 2.09. The van der Waals surface area contributed by atoms with E-state index in [1.807, 2.05) is 0 Å². The van der Waals surface area contributed by atoms with E-state index in [9.17, 15) is 9.59 Å². The van der Waals surface area contributed by atoms with Gasteiger partial charge in [-0.15, -0.1) is 0 Å². The fourth-order valence-electron chi connectivity index (χ4n) is 1.90. The van der Waals surface area contributed by atoms with Gasteiger partial charge in [0.25, 0.3) is 0 Å². The van der Waals surface area contributed by atoms with Gasteiger partial charge in [0.1, 0.15) is 0 Å². The molecule has 19 heavy (non-hydrogen) atoms. The molecule has 2 amide bonds. The van der Waals surface area contributed by atoms with Crippen molar-refractivity contribution in [3.8, 4) is 0 Å². The second-order valence-electron chi connectivity index (χ2n) is 4.73. The Kier molecular flexibility index (Phi) is 7.39. The molecule has 0 radical (unpaired) electrons. The Morgan fingerprint density at radius 2 is 1.95 bits per heavy atom. The van der Waals surface area contributed by atoms with E-state index >= 15 is 0 Å². The largest absolute Gasteiger partial charge is 0.383 e. The van der Waals surface area contributed by atoms with Gasteiger partial charge in [-0.1, -0.05) is 0 Å². The van der Waals surface area contributed by atoms with Crippen LogP contribution in [-0.4, -0.2) is 69.2 Å². The molecular weight excluding hydrogens is 248 g/mol. The van der Waals surface area contributed by atoms with Gasteiger partial charge in [0.05, 0.1) is 19.7 Å². The normalized spacial score (nSPS) is 17.2. The van der Waals surface area contributed by atoms with Crippen LogP contribution >= 0.6 is 0 Å². The van der Waals surface area contributed by atoms with Gasteiger partial charge in [0.2, 0.25) is 11.8 Å². The highest BCUT2D eigenvalue weighted by Gasteiger charge is 2.18. The van der Waals surface area contributed by atoms with Crippen molar-refractivity contribution in [3.05, 3.63) is 0 Å². The van der Waals surface area contributed by atoms with E-state index in [0.29, 0.717) is 19.7 Å². The van der Waals surface area contributed by atoms with Crippen LogP contribution in [0.1, 0.15) is 12.8 Å². The topological polar surface area (TPSA) is 96.7 Å². The number of carbonyl (C=O) groups excluding carboxylic acids is 2. The van der Waals surface area contributed by atoms with E-state index in [1.165, 1.54) is 0 Å². The summed E-state index contributed by atoms with van der Waals surface area (Å²) in [5.74, 6) is -0.330. The van der Waals surface area contributed by atoms with Crippen LogP contribution in [0.2, 0.25) is 0 Å². The van der Waals surface area contributed by atoms with Gasteiger partial charge in [-0.25, -0.2) is 0 Å². The van der Waals surface area contributed by atoms with Gasteiger partial charge >= 0.3 is 0 Å². The van der Waals surface area contributed by atoms with Crippen LogP contribution in [0.3, 0.4) is 0 Å². The Bertz CT molecular complexity index is 291. The number of hydrogen-bond donors (Lipinski definition) is 3. The number of rotatable bonds is 7. The summed E-state index contributed by atoms with van der Waals surface area (Å²) in [6, 6.07) is 0.255. The van der Waals surface area contributed by atoms with Crippen LogP contribution in [-0.2, 0) is 14.3 Å². The minimum atomic E-state index is -0.203. The average Bonchev–Trinajstić information content (AvgIpc) is 2.39. The lowest BCUT2D eigenvalue weighted by molar-refractivity contribution is -0.127. The van der Waals surface area contributed by atoms with E-state index < -0.39 is 0 Å². The zero-order valence-corrected chi connectivity index (χ0v) is 11.5. The van der Waals surface area contributed by atoms with Gasteiger partial charge in [-0.3, -0.25) is 14.5 Å².